The molecule has 1 atom stereocenters. The molecule has 2 aromatic rings. The van der Waals surface area contributed by atoms with Gasteiger partial charge in [0.25, 0.3) is 0 Å². The monoisotopic (exact) mass is 415 g/mol. The molecule has 3 heterocycles. The molecule has 0 bridgehead atoms. The second-order valence-corrected chi connectivity index (χ2v) is 8.54. The lowest BCUT2D eigenvalue weighted by atomic mass is 9.96. The first-order chi connectivity index (χ1) is 14.0. The number of fused-ring (bicyclic) bond motifs is 1. The summed E-state index contributed by atoms with van der Waals surface area (Å²) in [7, 11) is 0. The van der Waals surface area contributed by atoms with Crippen molar-refractivity contribution in [2.45, 2.75) is 45.4 Å². The zero-order valence-corrected chi connectivity index (χ0v) is 17.5. The Morgan fingerprint density at radius 3 is 2.72 bits per heavy atom. The van der Waals surface area contributed by atoms with Gasteiger partial charge in [-0.2, -0.15) is 5.10 Å². The van der Waals surface area contributed by atoms with E-state index in [2.05, 4.69) is 25.4 Å². The summed E-state index contributed by atoms with van der Waals surface area (Å²) in [4.78, 5) is 32.6. The van der Waals surface area contributed by atoms with E-state index in [9.17, 15) is 9.59 Å². The lowest BCUT2D eigenvalue weighted by Gasteiger charge is -2.31. The van der Waals surface area contributed by atoms with Crippen molar-refractivity contribution in [2.75, 3.05) is 29.9 Å². The number of aryl methyl sites for hydroxylation is 2. The molecule has 1 aliphatic carbocycles. The van der Waals surface area contributed by atoms with Gasteiger partial charge in [0, 0.05) is 23.9 Å². The maximum atomic E-state index is 12.7. The standard InChI is InChI=1S/C20H25N5O3S/c1-3-28-19(27)14-5-6-15-17(14)21-20(29-15)22-18(26)13-8-10-25(11-9-13)16-7-4-12(2)23-24-16/h4,7,13-14H,3,5-6,8-11H2,1-2H3,(H,21,22,26). The summed E-state index contributed by atoms with van der Waals surface area (Å²) in [5.74, 6) is 0.284. The van der Waals surface area contributed by atoms with Crippen LogP contribution in [0.25, 0.3) is 0 Å². The van der Waals surface area contributed by atoms with Crippen molar-refractivity contribution >= 4 is 34.2 Å². The maximum Gasteiger partial charge on any atom is 0.315 e. The topological polar surface area (TPSA) is 97.3 Å². The van der Waals surface area contributed by atoms with E-state index in [0.717, 1.165) is 60.9 Å². The number of hydrogen-bond acceptors (Lipinski definition) is 8. The number of nitrogens with zero attached hydrogens (tertiary/aromatic N) is 4. The van der Waals surface area contributed by atoms with Crippen LogP contribution in [0.15, 0.2) is 12.1 Å². The number of amides is 1. The van der Waals surface area contributed by atoms with Gasteiger partial charge in [-0.25, -0.2) is 4.98 Å². The van der Waals surface area contributed by atoms with Crippen molar-refractivity contribution in [3.05, 3.63) is 28.4 Å². The average Bonchev–Trinajstić information content (AvgIpc) is 3.29. The Balaban J connectivity index is 1.33. The quantitative estimate of drug-likeness (QED) is 0.750. The summed E-state index contributed by atoms with van der Waals surface area (Å²) in [6.45, 7) is 5.63. The van der Waals surface area contributed by atoms with Gasteiger partial charge in [0.05, 0.1) is 18.0 Å². The fraction of sp³-hybridized carbons (Fsp3) is 0.550. The molecule has 0 saturated carbocycles. The summed E-state index contributed by atoms with van der Waals surface area (Å²) in [5, 5.41) is 11.9. The molecule has 29 heavy (non-hydrogen) atoms. The fourth-order valence-electron chi connectivity index (χ4n) is 3.89. The normalized spacial score (nSPS) is 19.1. The molecule has 0 radical (unpaired) electrons. The number of ether oxygens (including phenoxy) is 1. The minimum atomic E-state index is -0.300. The second-order valence-electron chi connectivity index (χ2n) is 7.45. The van der Waals surface area contributed by atoms with Crippen LogP contribution in [0.1, 0.15) is 48.4 Å². The van der Waals surface area contributed by atoms with Crippen molar-refractivity contribution in [3.63, 3.8) is 0 Å². The van der Waals surface area contributed by atoms with Crippen LogP contribution in [-0.2, 0) is 20.7 Å². The summed E-state index contributed by atoms with van der Waals surface area (Å²) in [5.41, 5.74) is 1.67. The smallest absolute Gasteiger partial charge is 0.315 e. The first-order valence-electron chi connectivity index (χ1n) is 10.1. The molecule has 154 valence electrons. The van der Waals surface area contributed by atoms with E-state index < -0.39 is 0 Å². The van der Waals surface area contributed by atoms with Crippen LogP contribution in [0.4, 0.5) is 10.9 Å². The SMILES string of the molecule is CCOC(=O)C1CCc2sc(NC(=O)C3CCN(c4ccc(C)nn4)CC3)nc21. The third-order valence-electron chi connectivity index (χ3n) is 5.49. The van der Waals surface area contributed by atoms with Crippen LogP contribution in [-0.4, -0.2) is 46.8 Å². The Morgan fingerprint density at radius 2 is 2.03 bits per heavy atom. The van der Waals surface area contributed by atoms with E-state index >= 15 is 0 Å². The van der Waals surface area contributed by atoms with Crippen LogP contribution < -0.4 is 10.2 Å². The average molecular weight is 416 g/mol. The number of carbonyl (C=O) groups is 2. The van der Waals surface area contributed by atoms with Crippen molar-refractivity contribution in [3.8, 4) is 0 Å². The van der Waals surface area contributed by atoms with E-state index in [1.54, 1.807) is 6.92 Å². The van der Waals surface area contributed by atoms with Gasteiger partial charge in [0.1, 0.15) is 5.92 Å². The highest BCUT2D eigenvalue weighted by Gasteiger charge is 2.34. The molecule has 0 aromatic carbocycles. The second kappa shape index (κ2) is 8.44. The molecule has 2 aromatic heterocycles. The van der Waals surface area contributed by atoms with Crippen LogP contribution in [0.5, 0.6) is 0 Å². The highest BCUT2D eigenvalue weighted by atomic mass is 32.1. The first kappa shape index (κ1) is 19.8. The predicted molar refractivity (Wildman–Crippen MR) is 110 cm³/mol. The number of esters is 1. The van der Waals surface area contributed by atoms with Gasteiger partial charge in [-0.15, -0.1) is 16.4 Å². The van der Waals surface area contributed by atoms with E-state index in [0.29, 0.717) is 11.7 Å². The summed E-state index contributed by atoms with van der Waals surface area (Å²) < 4.78 is 5.15. The Labute approximate surface area is 173 Å². The van der Waals surface area contributed by atoms with Crippen molar-refractivity contribution in [1.29, 1.82) is 0 Å². The zero-order chi connectivity index (χ0) is 20.4. The van der Waals surface area contributed by atoms with Gasteiger partial charge in [-0.1, -0.05) is 0 Å². The van der Waals surface area contributed by atoms with Gasteiger partial charge in [-0.05, 0) is 51.7 Å². The minimum absolute atomic E-state index is 0.000233. The molecule has 0 spiro atoms. The molecule has 1 fully saturated rings. The lowest BCUT2D eigenvalue weighted by Crippen LogP contribution is -2.38. The van der Waals surface area contributed by atoms with Crippen LogP contribution in [0.2, 0.25) is 0 Å². The third-order valence-corrected chi connectivity index (χ3v) is 6.54. The number of rotatable bonds is 5. The Kier molecular flexibility index (Phi) is 5.75. The number of piperidine rings is 1. The van der Waals surface area contributed by atoms with Crippen molar-refractivity contribution < 1.29 is 14.3 Å². The Hall–Kier alpha value is -2.55. The van der Waals surface area contributed by atoms with Crippen molar-refractivity contribution in [1.82, 2.24) is 15.2 Å². The summed E-state index contributed by atoms with van der Waals surface area (Å²) in [6, 6.07) is 3.92. The van der Waals surface area contributed by atoms with E-state index in [1.165, 1.54) is 11.3 Å². The van der Waals surface area contributed by atoms with Crippen molar-refractivity contribution in [2.24, 2.45) is 5.92 Å². The number of carbonyl (C=O) groups excluding carboxylic acids is 2. The van der Waals surface area contributed by atoms with Gasteiger partial charge < -0.3 is 15.0 Å². The maximum absolute atomic E-state index is 12.7. The minimum Gasteiger partial charge on any atom is -0.465 e. The highest BCUT2D eigenvalue weighted by Crippen LogP contribution is 2.39. The number of nitrogens with one attached hydrogen (secondary N) is 1. The number of thiazole rings is 1. The molecule has 1 N–H and O–H groups in total. The predicted octanol–water partition coefficient (Wildman–Crippen LogP) is 2.69. The van der Waals surface area contributed by atoms with Gasteiger partial charge >= 0.3 is 5.97 Å². The highest BCUT2D eigenvalue weighted by molar-refractivity contribution is 7.16. The molecule has 9 heteroatoms. The van der Waals surface area contributed by atoms with Crippen LogP contribution in [0.3, 0.4) is 0 Å². The van der Waals surface area contributed by atoms with Gasteiger partial charge in [0.15, 0.2) is 10.9 Å². The summed E-state index contributed by atoms with van der Waals surface area (Å²) >= 11 is 1.47. The van der Waals surface area contributed by atoms with Crippen LogP contribution >= 0.6 is 11.3 Å². The fourth-order valence-corrected chi connectivity index (χ4v) is 4.93. The van der Waals surface area contributed by atoms with E-state index in [-0.39, 0.29) is 23.7 Å². The molecule has 1 aliphatic heterocycles. The largest absolute Gasteiger partial charge is 0.465 e. The van der Waals surface area contributed by atoms with E-state index in [1.807, 2.05) is 19.1 Å². The van der Waals surface area contributed by atoms with E-state index in [4.69, 9.17) is 4.74 Å². The molecular weight excluding hydrogens is 390 g/mol. The number of hydrogen-bond donors (Lipinski definition) is 1. The van der Waals surface area contributed by atoms with Crippen LogP contribution in [0, 0.1) is 12.8 Å². The zero-order valence-electron chi connectivity index (χ0n) is 16.7. The number of aromatic nitrogens is 3. The molecule has 1 saturated heterocycles. The Morgan fingerprint density at radius 1 is 1.24 bits per heavy atom. The molecule has 1 unspecified atom stereocenters. The molecule has 1 amide bonds. The lowest BCUT2D eigenvalue weighted by molar-refractivity contribution is -0.145. The number of anilines is 2. The molecule has 2 aliphatic rings. The van der Waals surface area contributed by atoms with Gasteiger partial charge in [0.2, 0.25) is 5.91 Å². The molecule has 4 rings (SSSR count). The summed E-state index contributed by atoms with van der Waals surface area (Å²) in [6.07, 6.45) is 3.07. The van der Waals surface area contributed by atoms with Gasteiger partial charge in [-0.3, -0.25) is 9.59 Å². The Bertz CT molecular complexity index is 890. The molecular formula is C20H25N5O3S. The first-order valence-corrected chi connectivity index (χ1v) is 10.9. The molecule has 8 nitrogen and oxygen atoms in total. The third kappa shape index (κ3) is 4.24.